The van der Waals surface area contributed by atoms with Crippen LogP contribution < -0.4 is 16.1 Å². The molecule has 0 atom stereocenters. The molecule has 3 heterocycles. The number of ether oxygens (including phenoxy) is 1. The normalized spacial score (nSPS) is 15.3. The number of carbonyl (C=O) groups is 2. The second-order valence-corrected chi connectivity index (χ2v) is 11.6. The number of hydrazone groups is 1. The van der Waals surface area contributed by atoms with Gasteiger partial charge < -0.3 is 20.3 Å². The molecule has 44 heavy (non-hydrogen) atoms. The maximum atomic E-state index is 13.9. The topological polar surface area (TPSA) is 111 Å². The van der Waals surface area contributed by atoms with Gasteiger partial charge in [0.05, 0.1) is 16.8 Å². The van der Waals surface area contributed by atoms with Gasteiger partial charge in [0.2, 0.25) is 0 Å². The van der Waals surface area contributed by atoms with Crippen LogP contribution in [0.3, 0.4) is 0 Å². The minimum Gasteiger partial charge on any atom is -0.444 e. The van der Waals surface area contributed by atoms with Crippen molar-refractivity contribution in [2.45, 2.75) is 45.5 Å². The fraction of sp³-hybridized carbons (Fsp3) is 0.355. The average Bonchev–Trinajstić information content (AvgIpc) is 2.96. The molecule has 1 fully saturated rings. The Morgan fingerprint density at radius 3 is 2.50 bits per heavy atom. The monoisotopic (exact) mass is 609 g/mol. The third kappa shape index (κ3) is 7.84. The molecule has 1 aromatic heterocycles. The number of amides is 2. The number of pyridine rings is 1. The van der Waals surface area contributed by atoms with Crippen molar-refractivity contribution in [3.8, 4) is 0 Å². The lowest BCUT2D eigenvalue weighted by molar-refractivity contribution is -0.137. The summed E-state index contributed by atoms with van der Waals surface area (Å²) in [6, 6.07) is 12.3. The van der Waals surface area contributed by atoms with E-state index in [0.29, 0.717) is 43.9 Å². The summed E-state index contributed by atoms with van der Waals surface area (Å²) in [5.41, 5.74) is 4.55. The van der Waals surface area contributed by atoms with Crippen LogP contribution in [0.1, 0.15) is 47.8 Å². The van der Waals surface area contributed by atoms with E-state index in [9.17, 15) is 22.8 Å². The van der Waals surface area contributed by atoms with Gasteiger partial charge in [0.25, 0.3) is 5.91 Å². The van der Waals surface area contributed by atoms with Crippen LogP contribution >= 0.6 is 0 Å². The SMILES string of the molecule is CC(C)(C)OC(=O)N1CCN(Cc2cc(NC(=O)c3cccnc3Nc3ccc4c(c3)NN=CC4)cc(C(F)(F)F)c2)CC1. The minimum absolute atomic E-state index is 0.0119. The zero-order valence-corrected chi connectivity index (χ0v) is 24.7. The van der Waals surface area contributed by atoms with E-state index in [4.69, 9.17) is 4.74 Å². The lowest BCUT2D eigenvalue weighted by Crippen LogP contribution is -2.49. The zero-order chi connectivity index (χ0) is 31.5. The molecule has 0 saturated carbocycles. The highest BCUT2D eigenvalue weighted by atomic mass is 19.4. The number of carbonyl (C=O) groups excluding carboxylic acids is 2. The predicted molar refractivity (Wildman–Crippen MR) is 162 cm³/mol. The molecular formula is C31H34F3N7O3. The summed E-state index contributed by atoms with van der Waals surface area (Å²) in [5.74, 6) is -0.364. The van der Waals surface area contributed by atoms with E-state index in [1.807, 2.05) is 23.1 Å². The van der Waals surface area contributed by atoms with Crippen LogP contribution in [0.25, 0.3) is 0 Å². The highest BCUT2D eigenvalue weighted by molar-refractivity contribution is 6.08. The standard InChI is InChI=1S/C31H34F3N7O3/c1-30(2,3)44-29(43)41-13-11-40(12-14-41)19-20-15-22(31(32,33)34)17-24(16-20)38-28(42)25-5-4-9-35-27(25)37-23-7-6-21-8-10-36-39-26(21)18-23/h4-7,9-10,15-18,39H,8,11-14,19H2,1-3H3,(H,35,37)(H,38,42). The van der Waals surface area contributed by atoms with Crippen molar-refractivity contribution in [1.82, 2.24) is 14.8 Å². The summed E-state index contributed by atoms with van der Waals surface area (Å²) in [6.45, 7) is 7.30. The quantitative estimate of drug-likeness (QED) is 0.310. The van der Waals surface area contributed by atoms with E-state index in [1.54, 1.807) is 44.0 Å². The first-order valence-corrected chi connectivity index (χ1v) is 14.2. The fourth-order valence-electron chi connectivity index (χ4n) is 4.91. The molecule has 0 aliphatic carbocycles. The van der Waals surface area contributed by atoms with Crippen LogP contribution in [-0.4, -0.2) is 64.8 Å². The number of nitrogens with one attached hydrogen (secondary N) is 3. The van der Waals surface area contributed by atoms with E-state index >= 15 is 0 Å². The summed E-state index contributed by atoms with van der Waals surface area (Å²) in [7, 11) is 0. The van der Waals surface area contributed by atoms with Crippen molar-refractivity contribution in [3.63, 3.8) is 0 Å². The largest absolute Gasteiger partial charge is 0.444 e. The lowest BCUT2D eigenvalue weighted by atomic mass is 10.1. The number of alkyl halides is 3. The summed E-state index contributed by atoms with van der Waals surface area (Å²) in [6.07, 6.45) is -1.05. The van der Waals surface area contributed by atoms with Gasteiger partial charge in [-0.2, -0.15) is 18.3 Å². The molecule has 0 radical (unpaired) electrons. The Bertz CT molecular complexity index is 1560. The maximum Gasteiger partial charge on any atom is 0.416 e. The van der Waals surface area contributed by atoms with Crippen LogP contribution in [0, 0.1) is 0 Å². The van der Waals surface area contributed by atoms with Gasteiger partial charge in [-0.3, -0.25) is 15.1 Å². The van der Waals surface area contributed by atoms with Crippen molar-refractivity contribution >= 4 is 41.1 Å². The first kappa shape index (κ1) is 30.8. The molecular weight excluding hydrogens is 575 g/mol. The van der Waals surface area contributed by atoms with Gasteiger partial charge in [-0.25, -0.2) is 9.78 Å². The van der Waals surface area contributed by atoms with Crippen molar-refractivity contribution in [1.29, 1.82) is 0 Å². The number of nitrogens with zero attached hydrogens (tertiary/aromatic N) is 4. The predicted octanol–water partition coefficient (Wildman–Crippen LogP) is 6.10. The molecule has 2 aromatic carbocycles. The molecule has 5 rings (SSSR count). The molecule has 2 aliphatic rings. The maximum absolute atomic E-state index is 13.9. The molecule has 232 valence electrons. The number of fused-ring (bicyclic) bond motifs is 1. The molecule has 2 amide bonds. The second-order valence-electron chi connectivity index (χ2n) is 11.6. The Labute approximate surface area is 253 Å². The summed E-state index contributed by atoms with van der Waals surface area (Å²) < 4.78 is 47.0. The van der Waals surface area contributed by atoms with E-state index in [-0.39, 0.29) is 23.6 Å². The van der Waals surface area contributed by atoms with Crippen molar-refractivity contribution in [2.75, 3.05) is 42.2 Å². The Morgan fingerprint density at radius 2 is 1.77 bits per heavy atom. The van der Waals surface area contributed by atoms with Crippen LogP contribution in [0.15, 0.2) is 59.8 Å². The summed E-state index contributed by atoms with van der Waals surface area (Å²) in [5, 5.41) is 9.82. The second kappa shape index (κ2) is 12.5. The van der Waals surface area contributed by atoms with E-state index in [2.05, 4.69) is 26.1 Å². The summed E-state index contributed by atoms with van der Waals surface area (Å²) >= 11 is 0. The number of hydrogen-bond donors (Lipinski definition) is 3. The fourth-order valence-corrected chi connectivity index (χ4v) is 4.91. The highest BCUT2D eigenvalue weighted by Gasteiger charge is 2.32. The van der Waals surface area contributed by atoms with E-state index in [0.717, 1.165) is 23.4 Å². The number of hydrogen-bond acceptors (Lipinski definition) is 8. The van der Waals surface area contributed by atoms with Gasteiger partial charge in [0.1, 0.15) is 11.4 Å². The number of halogens is 3. The van der Waals surface area contributed by atoms with E-state index < -0.39 is 29.3 Å². The Kier molecular flexibility index (Phi) is 8.77. The van der Waals surface area contributed by atoms with E-state index in [1.165, 1.54) is 12.3 Å². The minimum atomic E-state index is -4.61. The molecule has 2 aliphatic heterocycles. The van der Waals surface area contributed by atoms with Crippen LogP contribution in [0.5, 0.6) is 0 Å². The Balaban J connectivity index is 1.29. The van der Waals surface area contributed by atoms with Gasteiger partial charge in [-0.05, 0) is 74.4 Å². The van der Waals surface area contributed by atoms with Crippen LogP contribution in [0.2, 0.25) is 0 Å². The zero-order valence-electron chi connectivity index (χ0n) is 24.7. The molecule has 13 heteroatoms. The first-order valence-electron chi connectivity index (χ1n) is 14.2. The number of anilines is 4. The number of benzene rings is 2. The number of piperazine rings is 1. The third-order valence-electron chi connectivity index (χ3n) is 7.02. The number of aromatic nitrogens is 1. The molecule has 0 unspecified atom stereocenters. The highest BCUT2D eigenvalue weighted by Crippen LogP contribution is 2.33. The van der Waals surface area contributed by atoms with Gasteiger partial charge in [0, 0.05) is 62.9 Å². The van der Waals surface area contributed by atoms with Gasteiger partial charge in [-0.15, -0.1) is 0 Å². The van der Waals surface area contributed by atoms with Crippen molar-refractivity contribution in [2.24, 2.45) is 5.10 Å². The van der Waals surface area contributed by atoms with Crippen LogP contribution in [0.4, 0.5) is 40.8 Å². The van der Waals surface area contributed by atoms with Crippen molar-refractivity contribution in [3.05, 3.63) is 77.0 Å². The van der Waals surface area contributed by atoms with Crippen LogP contribution in [-0.2, 0) is 23.9 Å². The molecule has 3 N–H and O–H groups in total. The Hall–Kier alpha value is -4.65. The molecule has 10 nitrogen and oxygen atoms in total. The van der Waals surface area contributed by atoms with Gasteiger partial charge in [-0.1, -0.05) is 6.07 Å². The molecule has 3 aromatic rings. The number of rotatable bonds is 6. The Morgan fingerprint density at radius 1 is 1.00 bits per heavy atom. The van der Waals surface area contributed by atoms with Gasteiger partial charge in [0.15, 0.2) is 0 Å². The summed E-state index contributed by atoms with van der Waals surface area (Å²) in [4.78, 5) is 33.6. The average molecular weight is 610 g/mol. The molecule has 1 saturated heterocycles. The van der Waals surface area contributed by atoms with Gasteiger partial charge >= 0.3 is 12.3 Å². The lowest BCUT2D eigenvalue weighted by Gasteiger charge is -2.35. The molecule has 0 bridgehead atoms. The first-order chi connectivity index (χ1) is 20.8. The van der Waals surface area contributed by atoms with Crippen molar-refractivity contribution < 1.29 is 27.5 Å². The third-order valence-corrected chi connectivity index (χ3v) is 7.02. The smallest absolute Gasteiger partial charge is 0.416 e. The molecule has 0 spiro atoms.